The molecular weight excluding hydrogens is 248 g/mol. The summed E-state index contributed by atoms with van der Waals surface area (Å²) in [7, 11) is 1.94. The first-order valence-electron chi connectivity index (χ1n) is 8.17. The molecule has 4 aliphatic carbocycles. The first-order chi connectivity index (χ1) is 9.15. The molecule has 0 aromatic heterocycles. The third-order valence-corrected chi connectivity index (χ3v) is 5.99. The molecule has 3 atom stereocenters. The van der Waals surface area contributed by atoms with Crippen LogP contribution in [0.3, 0.4) is 0 Å². The summed E-state index contributed by atoms with van der Waals surface area (Å²) >= 11 is 0. The SMILES string of the molecule is CC(N)CN(C)C(=O)C12CC3CC(C)(CC(C)(C3)C1)C2. The molecule has 0 aromatic rings. The number of carbonyl (C=O) groups is 1. The standard InChI is InChI=1S/C17H30N2O/c1-12(18)8-19(4)14(20)17-7-13-5-15(2,10-17)9-16(3,6-13)11-17/h12-13H,5-11,18H2,1-4H3. The summed E-state index contributed by atoms with van der Waals surface area (Å²) in [4.78, 5) is 15.0. The lowest BCUT2D eigenvalue weighted by Gasteiger charge is -2.65. The number of nitrogens with two attached hydrogens (primary N) is 1. The summed E-state index contributed by atoms with van der Waals surface area (Å²) in [6.07, 6.45) is 7.34. The van der Waals surface area contributed by atoms with Gasteiger partial charge in [-0.05, 0) is 62.2 Å². The minimum absolute atomic E-state index is 0.0593. The minimum atomic E-state index is -0.0768. The van der Waals surface area contributed by atoms with Crippen molar-refractivity contribution in [2.45, 2.75) is 65.3 Å². The van der Waals surface area contributed by atoms with Crippen molar-refractivity contribution >= 4 is 5.91 Å². The molecule has 4 rings (SSSR count). The van der Waals surface area contributed by atoms with E-state index >= 15 is 0 Å². The Hall–Kier alpha value is -0.570. The second kappa shape index (κ2) is 4.22. The van der Waals surface area contributed by atoms with Crippen LogP contribution in [-0.4, -0.2) is 30.4 Å². The Morgan fingerprint density at radius 3 is 2.20 bits per heavy atom. The van der Waals surface area contributed by atoms with Gasteiger partial charge in [0.15, 0.2) is 0 Å². The van der Waals surface area contributed by atoms with Crippen LogP contribution in [0.15, 0.2) is 0 Å². The third-order valence-electron chi connectivity index (χ3n) is 5.99. The molecule has 0 aliphatic heterocycles. The number of rotatable bonds is 3. The largest absolute Gasteiger partial charge is 0.344 e. The summed E-state index contributed by atoms with van der Waals surface area (Å²) in [5.74, 6) is 1.14. The van der Waals surface area contributed by atoms with Gasteiger partial charge in [0.2, 0.25) is 5.91 Å². The lowest BCUT2D eigenvalue weighted by Crippen LogP contribution is -2.60. The predicted molar refractivity (Wildman–Crippen MR) is 81.1 cm³/mol. The van der Waals surface area contributed by atoms with Crippen molar-refractivity contribution in [1.29, 1.82) is 0 Å². The number of hydrogen-bond donors (Lipinski definition) is 1. The molecule has 0 spiro atoms. The van der Waals surface area contributed by atoms with Crippen LogP contribution in [0.1, 0.15) is 59.3 Å². The van der Waals surface area contributed by atoms with Gasteiger partial charge in [0, 0.05) is 19.6 Å². The summed E-state index contributed by atoms with van der Waals surface area (Å²) in [6.45, 7) is 7.50. The maximum absolute atomic E-state index is 13.1. The Morgan fingerprint density at radius 1 is 1.20 bits per heavy atom. The van der Waals surface area contributed by atoms with Crippen molar-refractivity contribution in [2.75, 3.05) is 13.6 Å². The van der Waals surface area contributed by atoms with Gasteiger partial charge in [-0.2, -0.15) is 0 Å². The van der Waals surface area contributed by atoms with E-state index in [0.29, 0.717) is 23.3 Å². The number of carbonyl (C=O) groups excluding carboxylic acids is 1. The molecule has 3 heteroatoms. The van der Waals surface area contributed by atoms with E-state index in [4.69, 9.17) is 5.73 Å². The first kappa shape index (κ1) is 14.4. The van der Waals surface area contributed by atoms with E-state index in [1.165, 1.54) is 19.3 Å². The van der Waals surface area contributed by atoms with Gasteiger partial charge >= 0.3 is 0 Å². The predicted octanol–water partition coefficient (Wildman–Crippen LogP) is 2.79. The minimum Gasteiger partial charge on any atom is -0.344 e. The molecule has 3 unspecified atom stereocenters. The Kier molecular flexibility index (Phi) is 3.03. The Labute approximate surface area is 123 Å². The van der Waals surface area contributed by atoms with Crippen molar-refractivity contribution in [2.24, 2.45) is 27.9 Å². The van der Waals surface area contributed by atoms with E-state index in [-0.39, 0.29) is 11.5 Å². The van der Waals surface area contributed by atoms with Crippen LogP contribution in [0, 0.1) is 22.2 Å². The highest BCUT2D eigenvalue weighted by molar-refractivity contribution is 5.83. The van der Waals surface area contributed by atoms with Crippen LogP contribution >= 0.6 is 0 Å². The van der Waals surface area contributed by atoms with E-state index in [1.807, 2.05) is 18.9 Å². The molecule has 0 heterocycles. The number of likely N-dealkylation sites (N-methyl/N-ethyl adjacent to an activating group) is 1. The summed E-state index contributed by atoms with van der Waals surface area (Å²) in [5.41, 5.74) is 6.61. The monoisotopic (exact) mass is 278 g/mol. The average Bonchev–Trinajstić information content (AvgIpc) is 2.21. The highest BCUT2D eigenvalue weighted by atomic mass is 16.2. The molecule has 4 fully saturated rings. The Bertz CT molecular complexity index is 413. The van der Waals surface area contributed by atoms with Crippen LogP contribution in [-0.2, 0) is 4.79 Å². The zero-order valence-corrected chi connectivity index (χ0v) is 13.5. The van der Waals surface area contributed by atoms with E-state index in [2.05, 4.69) is 13.8 Å². The molecule has 1 amide bonds. The lowest BCUT2D eigenvalue weighted by molar-refractivity contribution is -0.178. The van der Waals surface area contributed by atoms with Crippen LogP contribution in [0.25, 0.3) is 0 Å². The van der Waals surface area contributed by atoms with Gasteiger partial charge in [0.1, 0.15) is 0 Å². The van der Waals surface area contributed by atoms with Crippen LogP contribution in [0.5, 0.6) is 0 Å². The normalized spacial score (nSPS) is 47.4. The highest BCUT2D eigenvalue weighted by Gasteiger charge is 2.63. The lowest BCUT2D eigenvalue weighted by atomic mass is 9.40. The first-order valence-corrected chi connectivity index (χ1v) is 8.17. The van der Waals surface area contributed by atoms with Crippen LogP contribution < -0.4 is 5.73 Å². The maximum Gasteiger partial charge on any atom is 0.228 e. The second-order valence-corrected chi connectivity index (χ2v) is 9.07. The van der Waals surface area contributed by atoms with E-state index in [0.717, 1.165) is 25.2 Å². The zero-order chi connectivity index (χ0) is 14.8. The fourth-order valence-corrected chi connectivity index (χ4v) is 6.61. The van der Waals surface area contributed by atoms with Crippen molar-refractivity contribution in [3.05, 3.63) is 0 Å². The molecular formula is C17H30N2O. The van der Waals surface area contributed by atoms with Gasteiger partial charge in [0.05, 0.1) is 5.41 Å². The van der Waals surface area contributed by atoms with Gasteiger partial charge in [-0.1, -0.05) is 13.8 Å². The fourth-order valence-electron chi connectivity index (χ4n) is 6.61. The molecule has 4 saturated carbocycles. The molecule has 4 aliphatic rings. The fraction of sp³-hybridized carbons (Fsp3) is 0.941. The maximum atomic E-state index is 13.1. The van der Waals surface area contributed by atoms with Crippen LogP contribution in [0.4, 0.5) is 0 Å². The van der Waals surface area contributed by atoms with Gasteiger partial charge in [-0.25, -0.2) is 0 Å². The van der Waals surface area contributed by atoms with Gasteiger partial charge in [-0.3, -0.25) is 4.79 Å². The molecule has 3 nitrogen and oxygen atoms in total. The van der Waals surface area contributed by atoms with E-state index in [9.17, 15) is 4.79 Å². The molecule has 0 radical (unpaired) electrons. The summed E-state index contributed by atoms with van der Waals surface area (Å²) in [5, 5.41) is 0. The summed E-state index contributed by atoms with van der Waals surface area (Å²) < 4.78 is 0. The molecule has 20 heavy (non-hydrogen) atoms. The second-order valence-electron chi connectivity index (χ2n) is 9.07. The van der Waals surface area contributed by atoms with E-state index in [1.54, 1.807) is 0 Å². The zero-order valence-electron chi connectivity index (χ0n) is 13.5. The number of hydrogen-bond acceptors (Lipinski definition) is 2. The van der Waals surface area contributed by atoms with Crippen LogP contribution in [0.2, 0.25) is 0 Å². The van der Waals surface area contributed by atoms with Crippen molar-refractivity contribution in [3.63, 3.8) is 0 Å². The van der Waals surface area contributed by atoms with Crippen molar-refractivity contribution in [3.8, 4) is 0 Å². The molecule has 0 saturated heterocycles. The van der Waals surface area contributed by atoms with Gasteiger partial charge in [-0.15, -0.1) is 0 Å². The van der Waals surface area contributed by atoms with Crippen molar-refractivity contribution < 1.29 is 4.79 Å². The third kappa shape index (κ3) is 2.18. The summed E-state index contributed by atoms with van der Waals surface area (Å²) in [6, 6.07) is 0.0593. The quantitative estimate of drug-likeness (QED) is 0.863. The molecule has 114 valence electrons. The smallest absolute Gasteiger partial charge is 0.228 e. The van der Waals surface area contributed by atoms with Gasteiger partial charge in [0.25, 0.3) is 0 Å². The topological polar surface area (TPSA) is 46.3 Å². The molecule has 2 N–H and O–H groups in total. The Balaban J connectivity index is 1.87. The van der Waals surface area contributed by atoms with Gasteiger partial charge < -0.3 is 10.6 Å². The number of amides is 1. The van der Waals surface area contributed by atoms with E-state index < -0.39 is 0 Å². The van der Waals surface area contributed by atoms with Crippen molar-refractivity contribution in [1.82, 2.24) is 4.90 Å². The molecule has 4 bridgehead atoms. The Morgan fingerprint density at radius 2 is 1.75 bits per heavy atom. The average molecular weight is 278 g/mol. The molecule has 0 aromatic carbocycles. The highest BCUT2D eigenvalue weighted by Crippen LogP contribution is 2.69. The number of nitrogens with zero attached hydrogens (tertiary/aromatic N) is 1.